The molecule has 0 amide bonds. The topological polar surface area (TPSA) is 26.3 Å². The normalized spacial score (nSPS) is 18.8. The van der Waals surface area contributed by atoms with Crippen LogP contribution in [0.3, 0.4) is 0 Å². The molecule has 0 spiro atoms. The van der Waals surface area contributed by atoms with Crippen LogP contribution in [0.15, 0.2) is 117 Å². The molecule has 6 aromatic rings. The first-order valence-corrected chi connectivity index (χ1v) is 31.6. The molecular weight excluding hydrogens is 679 g/mol. The van der Waals surface area contributed by atoms with Gasteiger partial charge >= 0.3 is 269 Å². The molecule has 2 aliphatic carbocycles. The second-order valence-corrected chi connectivity index (χ2v) is 55.5. The summed E-state index contributed by atoms with van der Waals surface area (Å²) in [6, 6.07) is 29.9. The van der Waals surface area contributed by atoms with Gasteiger partial charge in [0.2, 0.25) is 0 Å². The maximum absolute atomic E-state index is 8.44. The van der Waals surface area contributed by atoms with Gasteiger partial charge in [-0.3, -0.25) is 0 Å². The molecule has 4 aromatic carbocycles. The van der Waals surface area contributed by atoms with Gasteiger partial charge in [-0.05, 0) is 0 Å². The van der Waals surface area contributed by atoms with Gasteiger partial charge in [0.05, 0.1) is 0 Å². The molecule has 0 N–H and O–H groups in total. The predicted molar refractivity (Wildman–Crippen MR) is 187 cm³/mol. The minimum atomic E-state index is -4.79. The summed E-state index contributed by atoms with van der Waals surface area (Å²) >= 11 is -4.79. The summed E-state index contributed by atoms with van der Waals surface area (Å²) in [6.07, 6.45) is 8.38. The number of fused-ring (bicyclic) bond motifs is 4. The van der Waals surface area contributed by atoms with Crippen molar-refractivity contribution in [2.24, 2.45) is 0 Å². The van der Waals surface area contributed by atoms with Crippen LogP contribution in [0.25, 0.3) is 56.3 Å². The van der Waals surface area contributed by atoms with Crippen molar-refractivity contribution in [3.05, 3.63) is 131 Å². The van der Waals surface area contributed by atoms with Gasteiger partial charge in [-0.1, -0.05) is 0 Å². The second-order valence-electron chi connectivity index (χ2n) is 12.9. The number of furan rings is 2. The summed E-state index contributed by atoms with van der Waals surface area (Å²) in [6.45, 7) is 9.25. The molecule has 219 valence electrons. The first-order chi connectivity index (χ1) is 21.2. The molecule has 6 heteroatoms. The molecule has 2 atom stereocenters. The SMILES string of the molecule is CC1=Cc2c(-c3occ4ccccc34)cccc2[CH]1[Zr]([Cl])([Cl])([CH]1C(C)=Cc2c(-c3occ4ccccc34)cccc21)[SiH](C)C. The van der Waals surface area contributed by atoms with E-state index >= 15 is 0 Å². The standard InChI is InChI=1S/2C18H13O.C2H7Si.2ClH.Zr/c2*1-12-9-13-6-4-8-16(17(13)10-12)18-15-7-3-2-5-14(15)11-19-18;1-3-2;;;/h2*2-11H,1H3;3H,1-2H3;2*1H;/q;;;;;+2/p-2. The van der Waals surface area contributed by atoms with E-state index < -0.39 is 21.5 Å². The van der Waals surface area contributed by atoms with Crippen LogP contribution < -0.4 is 0 Å². The Hall–Kier alpha value is -2.88. The van der Waals surface area contributed by atoms with Gasteiger partial charge in [0.15, 0.2) is 0 Å². The van der Waals surface area contributed by atoms with Crippen molar-refractivity contribution in [2.75, 3.05) is 0 Å². The van der Waals surface area contributed by atoms with E-state index in [9.17, 15) is 0 Å². The molecule has 2 nitrogen and oxygen atoms in total. The van der Waals surface area contributed by atoms with E-state index in [2.05, 4.69) is 112 Å². The molecule has 2 unspecified atom stereocenters. The van der Waals surface area contributed by atoms with Crippen LogP contribution in [0.4, 0.5) is 0 Å². The van der Waals surface area contributed by atoms with E-state index in [0.29, 0.717) is 0 Å². The van der Waals surface area contributed by atoms with Crippen molar-refractivity contribution < 1.29 is 24.4 Å². The molecule has 0 bridgehead atoms. The van der Waals surface area contributed by atoms with Crippen LogP contribution in [0.5, 0.6) is 0 Å². The van der Waals surface area contributed by atoms with E-state index in [1.54, 1.807) is 0 Å². The molecule has 8 rings (SSSR count). The Balaban J connectivity index is 1.31. The number of benzene rings is 4. The van der Waals surface area contributed by atoms with Crippen molar-refractivity contribution >= 4 is 56.6 Å². The van der Waals surface area contributed by atoms with Gasteiger partial charge in [-0.2, -0.15) is 0 Å². The summed E-state index contributed by atoms with van der Waals surface area (Å²) in [5.74, 6) is 0.167. The molecule has 0 fully saturated rings. The van der Waals surface area contributed by atoms with Crippen LogP contribution in [0.1, 0.15) is 43.4 Å². The van der Waals surface area contributed by atoms with E-state index in [0.717, 1.165) is 44.2 Å². The van der Waals surface area contributed by atoms with E-state index in [1.807, 2.05) is 24.7 Å². The van der Waals surface area contributed by atoms with Gasteiger partial charge in [0, 0.05) is 0 Å². The first-order valence-electron chi connectivity index (χ1n) is 15.3. The number of hydrogen-bond acceptors (Lipinski definition) is 2. The Labute approximate surface area is 266 Å². The molecular formula is C38H33Cl2O2SiZr. The Morgan fingerprint density at radius 3 is 1.45 bits per heavy atom. The molecule has 2 aliphatic rings. The van der Waals surface area contributed by atoms with Crippen LogP contribution in [0, 0.1) is 0 Å². The summed E-state index contributed by atoms with van der Waals surface area (Å²) in [7, 11) is 16.9. The summed E-state index contributed by atoms with van der Waals surface area (Å²) in [5.41, 5.74) is 9.66. The fourth-order valence-electron chi connectivity index (χ4n) is 8.20. The van der Waals surface area contributed by atoms with Gasteiger partial charge in [-0.15, -0.1) is 0 Å². The van der Waals surface area contributed by atoms with Gasteiger partial charge in [0.25, 0.3) is 0 Å². The fraction of sp³-hybridized carbons (Fsp3) is 0.158. The molecule has 2 heterocycles. The van der Waals surface area contributed by atoms with Crippen molar-refractivity contribution in [1.29, 1.82) is 0 Å². The van der Waals surface area contributed by atoms with Crippen molar-refractivity contribution in [3.8, 4) is 22.6 Å². The Morgan fingerprint density at radius 1 is 0.591 bits per heavy atom. The third kappa shape index (κ3) is 3.88. The number of hydrogen-bond donors (Lipinski definition) is 0. The first kappa shape index (κ1) is 28.6. The third-order valence-electron chi connectivity index (χ3n) is 10.3. The average molecular weight is 712 g/mol. The Bertz CT molecular complexity index is 2050. The van der Waals surface area contributed by atoms with E-state index in [-0.39, 0.29) is 7.25 Å². The molecule has 0 radical (unpaired) electrons. The van der Waals surface area contributed by atoms with Crippen LogP contribution in [-0.4, -0.2) is 5.92 Å². The van der Waals surface area contributed by atoms with Crippen molar-refractivity contribution in [2.45, 2.75) is 34.2 Å². The zero-order valence-electron chi connectivity index (χ0n) is 25.2. The van der Waals surface area contributed by atoms with Crippen molar-refractivity contribution in [3.63, 3.8) is 0 Å². The number of halogens is 2. The van der Waals surface area contributed by atoms with Crippen molar-refractivity contribution in [1.82, 2.24) is 0 Å². The summed E-state index contributed by atoms with van der Waals surface area (Å²) < 4.78 is 12.5. The number of allylic oxidation sites excluding steroid dienone is 2. The van der Waals surface area contributed by atoms with E-state index in [1.165, 1.54) is 33.4 Å². The van der Waals surface area contributed by atoms with Crippen LogP contribution in [0.2, 0.25) is 13.1 Å². The zero-order valence-corrected chi connectivity index (χ0v) is 30.3. The number of rotatable bonds is 5. The monoisotopic (exact) mass is 709 g/mol. The van der Waals surface area contributed by atoms with Gasteiger partial charge in [0.1, 0.15) is 0 Å². The second kappa shape index (κ2) is 10.1. The summed E-state index contributed by atoms with van der Waals surface area (Å²) in [5, 5.41) is 4.45. The zero-order chi connectivity index (χ0) is 30.4. The molecule has 2 aromatic heterocycles. The molecule has 0 aliphatic heterocycles. The van der Waals surface area contributed by atoms with Crippen LogP contribution >= 0.6 is 17.0 Å². The van der Waals surface area contributed by atoms with Crippen LogP contribution in [-0.2, 0) is 15.6 Å². The molecule has 0 saturated heterocycles. The third-order valence-corrected chi connectivity index (χ3v) is 62.5. The minimum absolute atomic E-state index is 0.0232. The Kier molecular flexibility index (Phi) is 6.54. The van der Waals surface area contributed by atoms with E-state index in [4.69, 9.17) is 25.9 Å². The quantitative estimate of drug-likeness (QED) is 0.166. The average Bonchev–Trinajstić information content (AvgIpc) is 3.78. The molecule has 0 saturated carbocycles. The Morgan fingerprint density at radius 2 is 1.02 bits per heavy atom. The van der Waals surface area contributed by atoms with Gasteiger partial charge in [-0.25, -0.2) is 0 Å². The summed E-state index contributed by atoms with van der Waals surface area (Å²) in [4.78, 5) is 0. The predicted octanol–water partition coefficient (Wildman–Crippen LogP) is 12.1. The fourth-order valence-corrected chi connectivity index (χ4v) is 41.1. The maximum atomic E-state index is 8.44. The molecule has 44 heavy (non-hydrogen) atoms. The van der Waals surface area contributed by atoms with Gasteiger partial charge < -0.3 is 0 Å².